The summed E-state index contributed by atoms with van der Waals surface area (Å²) in [6.07, 6.45) is 1.24. The fourth-order valence-electron chi connectivity index (χ4n) is 1.90. The third-order valence-corrected chi connectivity index (χ3v) is 3.98. The van der Waals surface area contributed by atoms with E-state index in [9.17, 15) is 13.2 Å². The molecule has 118 valence electrons. The summed E-state index contributed by atoms with van der Waals surface area (Å²) in [5.74, 6) is -0.0959. The summed E-state index contributed by atoms with van der Waals surface area (Å²) in [7, 11) is -3.71. The van der Waals surface area contributed by atoms with Crippen LogP contribution in [0, 0.1) is 0 Å². The Balaban J connectivity index is 2.04. The number of sulfonamides is 1. The maximum atomic E-state index is 12.1. The van der Waals surface area contributed by atoms with E-state index in [4.69, 9.17) is 9.56 Å². The molecule has 0 bridgehead atoms. The number of oxazole rings is 1. The second kappa shape index (κ2) is 6.29. The second-order valence-electron chi connectivity index (χ2n) is 5.09. The van der Waals surface area contributed by atoms with Crippen LogP contribution in [0.15, 0.2) is 40.0 Å². The molecule has 0 aliphatic carbocycles. The van der Waals surface area contributed by atoms with Crippen LogP contribution in [0.25, 0.3) is 0 Å². The summed E-state index contributed by atoms with van der Waals surface area (Å²) in [4.78, 5) is 16.1. The Morgan fingerprint density at radius 2 is 1.95 bits per heavy atom. The summed E-state index contributed by atoms with van der Waals surface area (Å²) >= 11 is 0. The molecule has 2 aromatic rings. The zero-order valence-electron chi connectivity index (χ0n) is 12.2. The van der Waals surface area contributed by atoms with Crippen molar-refractivity contribution in [3.05, 3.63) is 47.7 Å². The highest BCUT2D eigenvalue weighted by Crippen LogP contribution is 2.17. The number of hydrogen-bond acceptors (Lipinski definition) is 5. The summed E-state index contributed by atoms with van der Waals surface area (Å²) in [6.45, 7) is 4.07. The summed E-state index contributed by atoms with van der Waals surface area (Å²) in [5, 5.41) is 7.72. The summed E-state index contributed by atoms with van der Waals surface area (Å²) in [5.41, 5.74) is 1.34. The maximum Gasteiger partial charge on any atom is 0.289 e. The van der Waals surface area contributed by atoms with Crippen LogP contribution in [0.5, 0.6) is 0 Å². The van der Waals surface area contributed by atoms with Crippen LogP contribution in [-0.4, -0.2) is 19.3 Å². The van der Waals surface area contributed by atoms with Gasteiger partial charge in [-0.25, -0.2) is 18.5 Å². The Morgan fingerprint density at radius 3 is 2.50 bits per heavy atom. The molecule has 0 aliphatic heterocycles. The SMILES string of the molecule is CC(C)c1ncoc1C(=O)NCc1ccc(S(N)(=O)=O)cc1. The molecule has 0 spiro atoms. The molecule has 1 aromatic heterocycles. The predicted molar refractivity (Wildman–Crippen MR) is 79.6 cm³/mol. The summed E-state index contributed by atoms with van der Waals surface area (Å²) in [6, 6.07) is 5.96. The van der Waals surface area contributed by atoms with Crippen molar-refractivity contribution in [3.63, 3.8) is 0 Å². The smallest absolute Gasteiger partial charge is 0.289 e. The average molecular weight is 323 g/mol. The lowest BCUT2D eigenvalue weighted by molar-refractivity contribution is 0.0921. The molecule has 22 heavy (non-hydrogen) atoms. The lowest BCUT2D eigenvalue weighted by Crippen LogP contribution is -2.23. The lowest BCUT2D eigenvalue weighted by atomic mass is 10.1. The van der Waals surface area contributed by atoms with Crippen LogP contribution >= 0.6 is 0 Å². The van der Waals surface area contributed by atoms with E-state index in [2.05, 4.69) is 10.3 Å². The van der Waals surface area contributed by atoms with E-state index < -0.39 is 10.0 Å². The first-order valence-corrected chi connectivity index (χ1v) is 8.17. The van der Waals surface area contributed by atoms with Gasteiger partial charge < -0.3 is 9.73 Å². The minimum absolute atomic E-state index is 0.0277. The number of amides is 1. The van der Waals surface area contributed by atoms with Crippen LogP contribution in [0.1, 0.15) is 41.6 Å². The molecule has 8 heteroatoms. The number of primary sulfonamides is 1. The first-order valence-electron chi connectivity index (χ1n) is 6.62. The molecule has 1 aromatic carbocycles. The Kier molecular flexibility index (Phi) is 4.62. The van der Waals surface area contributed by atoms with Crippen LogP contribution in [0.4, 0.5) is 0 Å². The molecule has 0 atom stereocenters. The van der Waals surface area contributed by atoms with Gasteiger partial charge in [-0.3, -0.25) is 4.79 Å². The van der Waals surface area contributed by atoms with Gasteiger partial charge in [0.05, 0.1) is 10.6 Å². The highest BCUT2D eigenvalue weighted by atomic mass is 32.2. The standard InChI is InChI=1S/C14H17N3O4S/c1-9(2)12-13(21-8-17-12)14(18)16-7-10-3-5-11(6-4-10)22(15,19)20/h3-6,8-9H,7H2,1-2H3,(H,16,18)(H2,15,19,20). The number of rotatable bonds is 5. The van der Waals surface area contributed by atoms with E-state index in [0.717, 1.165) is 5.56 Å². The van der Waals surface area contributed by atoms with Crippen molar-refractivity contribution in [2.45, 2.75) is 31.2 Å². The second-order valence-corrected chi connectivity index (χ2v) is 6.65. The van der Waals surface area contributed by atoms with Gasteiger partial charge in [0.25, 0.3) is 5.91 Å². The molecule has 0 saturated carbocycles. The van der Waals surface area contributed by atoms with E-state index in [1.54, 1.807) is 12.1 Å². The van der Waals surface area contributed by atoms with Gasteiger partial charge in [-0.2, -0.15) is 0 Å². The average Bonchev–Trinajstić information content (AvgIpc) is 2.94. The van der Waals surface area contributed by atoms with Gasteiger partial charge >= 0.3 is 0 Å². The number of carbonyl (C=O) groups is 1. The van der Waals surface area contributed by atoms with E-state index in [-0.39, 0.29) is 29.0 Å². The molecule has 0 saturated heterocycles. The van der Waals surface area contributed by atoms with Gasteiger partial charge in [-0.05, 0) is 23.6 Å². The number of hydrogen-bond donors (Lipinski definition) is 2. The van der Waals surface area contributed by atoms with Crippen LogP contribution in [0.2, 0.25) is 0 Å². The Hall–Kier alpha value is -2.19. The number of aromatic nitrogens is 1. The van der Waals surface area contributed by atoms with Crippen molar-refractivity contribution in [2.75, 3.05) is 0 Å². The Morgan fingerprint density at radius 1 is 1.32 bits per heavy atom. The van der Waals surface area contributed by atoms with Crippen molar-refractivity contribution in [1.29, 1.82) is 0 Å². The van der Waals surface area contributed by atoms with Crippen molar-refractivity contribution in [1.82, 2.24) is 10.3 Å². The Bertz CT molecular complexity index is 764. The van der Waals surface area contributed by atoms with E-state index in [1.807, 2.05) is 13.8 Å². The topological polar surface area (TPSA) is 115 Å². The van der Waals surface area contributed by atoms with E-state index in [0.29, 0.717) is 5.69 Å². The molecule has 7 nitrogen and oxygen atoms in total. The largest absolute Gasteiger partial charge is 0.438 e. The van der Waals surface area contributed by atoms with Gasteiger partial charge in [0.2, 0.25) is 15.8 Å². The number of nitrogens with one attached hydrogen (secondary N) is 1. The van der Waals surface area contributed by atoms with Gasteiger partial charge in [-0.15, -0.1) is 0 Å². The normalized spacial score (nSPS) is 11.6. The van der Waals surface area contributed by atoms with Crippen LogP contribution in [0.3, 0.4) is 0 Å². The minimum Gasteiger partial charge on any atom is -0.438 e. The molecule has 0 fully saturated rings. The molecular formula is C14H17N3O4S. The first-order chi connectivity index (χ1) is 10.3. The van der Waals surface area contributed by atoms with Crippen molar-refractivity contribution < 1.29 is 17.6 Å². The van der Waals surface area contributed by atoms with E-state index in [1.165, 1.54) is 18.5 Å². The monoisotopic (exact) mass is 323 g/mol. The van der Waals surface area contributed by atoms with Crippen LogP contribution < -0.4 is 10.5 Å². The molecule has 3 N–H and O–H groups in total. The predicted octanol–water partition coefficient (Wildman–Crippen LogP) is 1.38. The minimum atomic E-state index is -3.71. The molecule has 0 radical (unpaired) electrons. The van der Waals surface area contributed by atoms with Gasteiger partial charge in [-0.1, -0.05) is 26.0 Å². The highest BCUT2D eigenvalue weighted by Gasteiger charge is 2.18. The van der Waals surface area contributed by atoms with Crippen molar-refractivity contribution >= 4 is 15.9 Å². The first kappa shape index (κ1) is 16.2. The fourth-order valence-corrected chi connectivity index (χ4v) is 2.41. The molecule has 1 amide bonds. The third-order valence-electron chi connectivity index (χ3n) is 3.05. The molecule has 0 unspecified atom stereocenters. The van der Waals surface area contributed by atoms with Gasteiger partial charge in [0.1, 0.15) is 0 Å². The van der Waals surface area contributed by atoms with Crippen molar-refractivity contribution in [3.8, 4) is 0 Å². The lowest BCUT2D eigenvalue weighted by Gasteiger charge is -2.06. The highest BCUT2D eigenvalue weighted by molar-refractivity contribution is 7.89. The fraction of sp³-hybridized carbons (Fsp3) is 0.286. The Labute approximate surface area is 128 Å². The van der Waals surface area contributed by atoms with Gasteiger partial charge in [0.15, 0.2) is 6.39 Å². The van der Waals surface area contributed by atoms with Gasteiger partial charge in [0, 0.05) is 6.54 Å². The zero-order valence-corrected chi connectivity index (χ0v) is 13.1. The number of benzene rings is 1. The third kappa shape index (κ3) is 3.71. The summed E-state index contributed by atoms with van der Waals surface area (Å²) < 4.78 is 27.4. The van der Waals surface area contributed by atoms with E-state index >= 15 is 0 Å². The number of nitrogens with zero attached hydrogens (tertiary/aromatic N) is 1. The van der Waals surface area contributed by atoms with Crippen molar-refractivity contribution in [2.24, 2.45) is 5.14 Å². The molecular weight excluding hydrogens is 306 g/mol. The molecule has 1 heterocycles. The number of carbonyl (C=O) groups excluding carboxylic acids is 1. The molecule has 0 aliphatic rings. The zero-order chi connectivity index (χ0) is 16.3. The molecule has 2 rings (SSSR count). The quantitative estimate of drug-likeness (QED) is 0.862. The van der Waals surface area contributed by atoms with Crippen LogP contribution in [-0.2, 0) is 16.6 Å². The maximum absolute atomic E-state index is 12.1. The number of nitrogens with two attached hydrogens (primary N) is 1.